The molecule has 1 aromatic rings. The van der Waals surface area contributed by atoms with Crippen LogP contribution < -0.4 is 0 Å². The molecule has 0 N–H and O–H groups in total. The summed E-state index contributed by atoms with van der Waals surface area (Å²) in [5, 5.41) is 0. The Balaban J connectivity index is 1.98. The summed E-state index contributed by atoms with van der Waals surface area (Å²) in [5.41, 5.74) is 1.20. The van der Waals surface area contributed by atoms with Gasteiger partial charge in [0.2, 0.25) is 0 Å². The van der Waals surface area contributed by atoms with Crippen molar-refractivity contribution in [1.82, 2.24) is 4.90 Å². The van der Waals surface area contributed by atoms with E-state index < -0.39 is 0 Å². The molecule has 18 heavy (non-hydrogen) atoms. The van der Waals surface area contributed by atoms with Crippen LogP contribution in [0, 0.1) is 5.92 Å². The van der Waals surface area contributed by atoms with Crippen molar-refractivity contribution < 1.29 is 9.53 Å². The molecule has 0 radical (unpaired) electrons. The molecule has 1 aromatic carbocycles. The van der Waals surface area contributed by atoms with E-state index in [2.05, 4.69) is 17.0 Å². The van der Waals surface area contributed by atoms with Crippen LogP contribution in [0.2, 0.25) is 0 Å². The summed E-state index contributed by atoms with van der Waals surface area (Å²) in [6.07, 6.45) is 3.27. The van der Waals surface area contributed by atoms with Gasteiger partial charge in [-0.3, -0.25) is 4.79 Å². The second-order valence-electron chi connectivity index (χ2n) is 4.92. The second kappa shape index (κ2) is 6.55. The smallest absolute Gasteiger partial charge is 0.310 e. The average Bonchev–Trinajstić information content (AvgIpc) is 2.91. The lowest BCUT2D eigenvalue weighted by Crippen LogP contribution is -2.33. The number of ether oxygens (including phenoxy) is 1. The van der Waals surface area contributed by atoms with Crippen LogP contribution in [0.25, 0.3) is 0 Å². The third-order valence-electron chi connectivity index (χ3n) is 3.54. The molecule has 2 rings (SSSR count). The Morgan fingerprint density at radius 2 is 1.94 bits per heavy atom. The minimum atomic E-state index is -0.0919. The van der Waals surface area contributed by atoms with Gasteiger partial charge in [0.1, 0.15) is 0 Å². The number of esters is 1. The number of hydrogen-bond acceptors (Lipinski definition) is 3. The lowest BCUT2D eigenvalue weighted by Gasteiger charge is -2.21. The SMILES string of the molecule is COC(=O)C(Cc1ccccc1)CN1CCCC1. The first-order valence-electron chi connectivity index (χ1n) is 6.63. The molecular formula is C15H21NO2. The van der Waals surface area contributed by atoms with Crippen molar-refractivity contribution >= 4 is 5.97 Å². The van der Waals surface area contributed by atoms with Crippen molar-refractivity contribution in [3.8, 4) is 0 Å². The van der Waals surface area contributed by atoms with Crippen LogP contribution in [0.1, 0.15) is 18.4 Å². The highest BCUT2D eigenvalue weighted by Crippen LogP contribution is 2.15. The number of carbonyl (C=O) groups is 1. The van der Waals surface area contributed by atoms with Gasteiger partial charge in [0, 0.05) is 6.54 Å². The first-order valence-corrected chi connectivity index (χ1v) is 6.63. The molecule has 98 valence electrons. The number of carbonyl (C=O) groups excluding carboxylic acids is 1. The fourth-order valence-electron chi connectivity index (χ4n) is 2.56. The molecular weight excluding hydrogens is 226 g/mol. The molecule has 1 heterocycles. The largest absolute Gasteiger partial charge is 0.469 e. The quantitative estimate of drug-likeness (QED) is 0.746. The standard InChI is InChI=1S/C15H21NO2/c1-18-15(17)14(12-16-9-5-6-10-16)11-13-7-3-2-4-8-13/h2-4,7-8,14H,5-6,9-12H2,1H3. The Morgan fingerprint density at radius 3 is 2.56 bits per heavy atom. The van der Waals surface area contributed by atoms with Gasteiger partial charge in [-0.2, -0.15) is 0 Å². The van der Waals surface area contributed by atoms with Gasteiger partial charge in [-0.15, -0.1) is 0 Å². The predicted octanol–water partition coefficient (Wildman–Crippen LogP) is 2.11. The summed E-state index contributed by atoms with van der Waals surface area (Å²) in [6.45, 7) is 3.05. The van der Waals surface area contributed by atoms with Crippen LogP contribution in [0.5, 0.6) is 0 Å². The van der Waals surface area contributed by atoms with E-state index in [1.807, 2.05) is 18.2 Å². The molecule has 1 fully saturated rings. The van der Waals surface area contributed by atoms with Gasteiger partial charge in [0.15, 0.2) is 0 Å². The number of benzene rings is 1. The van der Waals surface area contributed by atoms with E-state index in [9.17, 15) is 4.79 Å². The van der Waals surface area contributed by atoms with Crippen LogP contribution in [-0.4, -0.2) is 37.6 Å². The monoisotopic (exact) mass is 247 g/mol. The van der Waals surface area contributed by atoms with E-state index in [-0.39, 0.29) is 11.9 Å². The maximum atomic E-state index is 11.9. The second-order valence-corrected chi connectivity index (χ2v) is 4.92. The highest BCUT2D eigenvalue weighted by atomic mass is 16.5. The number of likely N-dealkylation sites (tertiary alicyclic amines) is 1. The molecule has 3 heteroatoms. The zero-order chi connectivity index (χ0) is 12.8. The van der Waals surface area contributed by atoms with Crippen LogP contribution in [0.4, 0.5) is 0 Å². The molecule has 1 aliphatic rings. The summed E-state index contributed by atoms with van der Waals surface area (Å²) < 4.78 is 4.93. The van der Waals surface area contributed by atoms with Gasteiger partial charge >= 0.3 is 5.97 Å². The van der Waals surface area contributed by atoms with E-state index in [4.69, 9.17) is 4.74 Å². The Bertz CT molecular complexity index is 371. The number of nitrogens with zero attached hydrogens (tertiary/aromatic N) is 1. The van der Waals surface area contributed by atoms with Gasteiger partial charge in [0.05, 0.1) is 13.0 Å². The summed E-state index contributed by atoms with van der Waals surface area (Å²) in [5.74, 6) is -0.138. The zero-order valence-corrected chi connectivity index (χ0v) is 11.0. The van der Waals surface area contributed by atoms with Crippen LogP contribution in [-0.2, 0) is 16.0 Å². The van der Waals surface area contributed by atoms with E-state index in [1.54, 1.807) is 0 Å². The molecule has 0 amide bonds. The van der Waals surface area contributed by atoms with Crippen molar-refractivity contribution in [3.05, 3.63) is 35.9 Å². The fraction of sp³-hybridized carbons (Fsp3) is 0.533. The molecule has 1 unspecified atom stereocenters. The van der Waals surface area contributed by atoms with Gasteiger partial charge in [-0.05, 0) is 37.9 Å². The number of methoxy groups -OCH3 is 1. The van der Waals surface area contributed by atoms with Crippen molar-refractivity contribution in [1.29, 1.82) is 0 Å². The van der Waals surface area contributed by atoms with E-state index in [0.717, 1.165) is 26.1 Å². The molecule has 0 aliphatic carbocycles. The Morgan fingerprint density at radius 1 is 1.28 bits per heavy atom. The van der Waals surface area contributed by atoms with E-state index in [1.165, 1.54) is 25.5 Å². The van der Waals surface area contributed by atoms with Gasteiger partial charge in [0.25, 0.3) is 0 Å². The molecule has 0 bridgehead atoms. The fourth-order valence-corrected chi connectivity index (χ4v) is 2.56. The summed E-state index contributed by atoms with van der Waals surface area (Å²) in [6, 6.07) is 10.2. The Hall–Kier alpha value is -1.35. The van der Waals surface area contributed by atoms with Gasteiger partial charge in [-0.1, -0.05) is 30.3 Å². The molecule has 1 aliphatic heterocycles. The average molecular weight is 247 g/mol. The first-order chi connectivity index (χ1) is 8.79. The van der Waals surface area contributed by atoms with Crippen LogP contribution in [0.3, 0.4) is 0 Å². The number of hydrogen-bond donors (Lipinski definition) is 0. The maximum Gasteiger partial charge on any atom is 0.310 e. The third kappa shape index (κ3) is 3.57. The zero-order valence-electron chi connectivity index (χ0n) is 11.0. The molecule has 0 saturated carbocycles. The summed E-state index contributed by atoms with van der Waals surface area (Å²) >= 11 is 0. The third-order valence-corrected chi connectivity index (χ3v) is 3.54. The van der Waals surface area contributed by atoms with Crippen molar-refractivity contribution in [2.75, 3.05) is 26.7 Å². The van der Waals surface area contributed by atoms with E-state index >= 15 is 0 Å². The maximum absolute atomic E-state index is 11.9. The van der Waals surface area contributed by atoms with Gasteiger partial charge in [-0.25, -0.2) is 0 Å². The minimum absolute atomic E-state index is 0.0458. The predicted molar refractivity (Wildman–Crippen MR) is 71.3 cm³/mol. The Kier molecular flexibility index (Phi) is 4.76. The Labute approximate surface area is 109 Å². The number of rotatable bonds is 5. The normalized spacial score (nSPS) is 17.6. The lowest BCUT2D eigenvalue weighted by atomic mass is 9.99. The molecule has 1 atom stereocenters. The summed E-state index contributed by atoms with van der Waals surface area (Å²) in [4.78, 5) is 14.2. The lowest BCUT2D eigenvalue weighted by molar-refractivity contribution is -0.146. The molecule has 0 aromatic heterocycles. The first kappa shape index (κ1) is 13.1. The van der Waals surface area contributed by atoms with Gasteiger partial charge < -0.3 is 9.64 Å². The van der Waals surface area contributed by atoms with Crippen molar-refractivity contribution in [2.45, 2.75) is 19.3 Å². The summed E-state index contributed by atoms with van der Waals surface area (Å²) in [7, 11) is 1.48. The highest BCUT2D eigenvalue weighted by molar-refractivity contribution is 5.73. The van der Waals surface area contributed by atoms with Crippen molar-refractivity contribution in [2.24, 2.45) is 5.92 Å². The van der Waals surface area contributed by atoms with Crippen LogP contribution >= 0.6 is 0 Å². The topological polar surface area (TPSA) is 29.5 Å². The van der Waals surface area contributed by atoms with Crippen molar-refractivity contribution in [3.63, 3.8) is 0 Å². The molecule has 3 nitrogen and oxygen atoms in total. The van der Waals surface area contributed by atoms with E-state index in [0.29, 0.717) is 0 Å². The highest BCUT2D eigenvalue weighted by Gasteiger charge is 2.24. The molecule has 0 spiro atoms. The molecule has 1 saturated heterocycles. The minimum Gasteiger partial charge on any atom is -0.469 e. The van der Waals surface area contributed by atoms with Crippen LogP contribution in [0.15, 0.2) is 30.3 Å².